The predicted molar refractivity (Wildman–Crippen MR) is 110 cm³/mol. The van der Waals surface area contributed by atoms with E-state index in [0.717, 1.165) is 50.9 Å². The summed E-state index contributed by atoms with van der Waals surface area (Å²) in [4.78, 5) is 31.0. The van der Waals surface area contributed by atoms with Crippen molar-refractivity contribution in [2.75, 3.05) is 26.2 Å². The Kier molecular flexibility index (Phi) is 10.1. The van der Waals surface area contributed by atoms with E-state index in [1.165, 1.54) is 0 Å². The molecule has 3 atom stereocenters. The average Bonchev–Trinajstić information content (AvgIpc) is 3.21. The van der Waals surface area contributed by atoms with Gasteiger partial charge in [-0.2, -0.15) is 0 Å². The first-order valence-corrected chi connectivity index (χ1v) is 9.35. The largest absolute Gasteiger partial charge is 0.354 e. The molecular weight excluding hydrogens is 387 g/mol. The van der Waals surface area contributed by atoms with E-state index in [1.54, 1.807) is 12.4 Å². The number of piperidine rings is 1. The van der Waals surface area contributed by atoms with Crippen molar-refractivity contribution in [2.45, 2.75) is 44.6 Å². The van der Waals surface area contributed by atoms with E-state index in [4.69, 9.17) is 0 Å². The van der Waals surface area contributed by atoms with Crippen LogP contribution in [0.25, 0.3) is 0 Å². The number of nitrogens with one attached hydrogen (secondary N) is 2. The van der Waals surface area contributed by atoms with Crippen LogP contribution in [0.4, 0.5) is 0 Å². The fourth-order valence-electron chi connectivity index (χ4n) is 3.76. The van der Waals surface area contributed by atoms with Crippen molar-refractivity contribution >= 4 is 36.6 Å². The fourth-order valence-corrected chi connectivity index (χ4v) is 3.76. The Balaban J connectivity index is 0.00000182. The van der Waals surface area contributed by atoms with Gasteiger partial charge in [0.2, 0.25) is 11.8 Å². The van der Waals surface area contributed by atoms with Crippen molar-refractivity contribution in [1.82, 2.24) is 20.5 Å². The van der Waals surface area contributed by atoms with Crippen molar-refractivity contribution in [3.05, 3.63) is 30.1 Å². The molecule has 3 heterocycles. The van der Waals surface area contributed by atoms with Crippen LogP contribution >= 0.6 is 24.8 Å². The van der Waals surface area contributed by atoms with E-state index in [-0.39, 0.29) is 48.6 Å². The molecule has 152 valence electrons. The number of aromatic nitrogens is 1. The lowest BCUT2D eigenvalue weighted by Crippen LogP contribution is -2.47. The molecule has 0 aliphatic carbocycles. The quantitative estimate of drug-likeness (QED) is 0.770. The van der Waals surface area contributed by atoms with Crippen LogP contribution in [-0.2, 0) is 9.59 Å². The molecule has 3 rings (SSSR count). The number of hydrogen-bond acceptors (Lipinski definition) is 4. The molecule has 0 spiro atoms. The van der Waals surface area contributed by atoms with Gasteiger partial charge in [0.15, 0.2) is 0 Å². The molecule has 1 aromatic heterocycles. The van der Waals surface area contributed by atoms with E-state index < -0.39 is 0 Å². The van der Waals surface area contributed by atoms with Gasteiger partial charge in [-0.1, -0.05) is 6.07 Å². The molecule has 27 heavy (non-hydrogen) atoms. The van der Waals surface area contributed by atoms with Crippen LogP contribution in [0.5, 0.6) is 0 Å². The zero-order valence-electron chi connectivity index (χ0n) is 15.7. The van der Waals surface area contributed by atoms with E-state index in [0.29, 0.717) is 12.5 Å². The molecule has 3 unspecified atom stereocenters. The average molecular weight is 417 g/mol. The number of carbonyl (C=O) groups is 2. The smallest absolute Gasteiger partial charge is 0.237 e. The van der Waals surface area contributed by atoms with E-state index in [2.05, 4.69) is 15.6 Å². The summed E-state index contributed by atoms with van der Waals surface area (Å²) in [7, 11) is 0. The second-order valence-corrected chi connectivity index (χ2v) is 7.19. The second kappa shape index (κ2) is 11.5. The number of nitrogens with zero attached hydrogens (tertiary/aromatic N) is 2. The second-order valence-electron chi connectivity index (χ2n) is 7.19. The van der Waals surface area contributed by atoms with Gasteiger partial charge in [-0.25, -0.2) is 0 Å². The number of likely N-dealkylation sites (tertiary alicyclic amines) is 1. The van der Waals surface area contributed by atoms with Gasteiger partial charge in [-0.3, -0.25) is 14.6 Å². The van der Waals surface area contributed by atoms with Gasteiger partial charge in [-0.15, -0.1) is 24.8 Å². The predicted octanol–water partition coefficient (Wildman–Crippen LogP) is 2.14. The number of halogens is 2. The van der Waals surface area contributed by atoms with Gasteiger partial charge in [-0.05, 0) is 56.7 Å². The van der Waals surface area contributed by atoms with Crippen LogP contribution in [0.3, 0.4) is 0 Å². The van der Waals surface area contributed by atoms with Gasteiger partial charge in [0, 0.05) is 32.0 Å². The summed E-state index contributed by atoms with van der Waals surface area (Å²) in [6, 6.07) is 3.78. The molecule has 2 N–H and O–H groups in total. The molecular formula is C19H30Cl2N4O2. The highest BCUT2D eigenvalue weighted by Crippen LogP contribution is 2.22. The molecule has 6 nitrogen and oxygen atoms in total. The standard InChI is InChI=1S/C19H28N4O2.2ClH/c1-14(16-6-2-8-20-12-16)19(25)23-10-4-5-15(13-23)11-22-18(24)17-7-3-9-21-17;;/h2,6,8,12,14-15,17,21H,3-5,7,9-11,13H2,1H3,(H,22,24);2*1H. The van der Waals surface area contributed by atoms with E-state index in [9.17, 15) is 9.59 Å². The summed E-state index contributed by atoms with van der Waals surface area (Å²) in [5.41, 5.74) is 0.954. The number of hydrogen-bond donors (Lipinski definition) is 2. The minimum atomic E-state index is -0.176. The number of carbonyl (C=O) groups excluding carboxylic acids is 2. The molecule has 0 saturated carbocycles. The summed E-state index contributed by atoms with van der Waals surface area (Å²) in [5.74, 6) is 0.417. The summed E-state index contributed by atoms with van der Waals surface area (Å²) >= 11 is 0. The normalized spacial score (nSPS) is 22.9. The summed E-state index contributed by atoms with van der Waals surface area (Å²) in [6.45, 7) is 5.05. The van der Waals surface area contributed by atoms with Crippen molar-refractivity contribution in [2.24, 2.45) is 5.92 Å². The molecule has 2 aliphatic heterocycles. The zero-order valence-corrected chi connectivity index (χ0v) is 17.4. The summed E-state index contributed by atoms with van der Waals surface area (Å²) in [5, 5.41) is 6.29. The number of pyridine rings is 1. The topological polar surface area (TPSA) is 74.3 Å². The minimum Gasteiger partial charge on any atom is -0.354 e. The maximum absolute atomic E-state index is 12.8. The molecule has 2 amide bonds. The van der Waals surface area contributed by atoms with Crippen molar-refractivity contribution < 1.29 is 9.59 Å². The van der Waals surface area contributed by atoms with Crippen molar-refractivity contribution in [1.29, 1.82) is 0 Å². The Morgan fingerprint density at radius 2 is 2.15 bits per heavy atom. The lowest BCUT2D eigenvalue weighted by atomic mass is 9.95. The fraction of sp³-hybridized carbons (Fsp3) is 0.632. The molecule has 2 saturated heterocycles. The third-order valence-corrected chi connectivity index (χ3v) is 5.33. The van der Waals surface area contributed by atoms with Crippen molar-refractivity contribution in [3.63, 3.8) is 0 Å². The van der Waals surface area contributed by atoms with Crippen LogP contribution in [0.15, 0.2) is 24.5 Å². The SMILES string of the molecule is CC(C(=O)N1CCCC(CNC(=O)C2CCCN2)C1)c1cccnc1.Cl.Cl. The lowest BCUT2D eigenvalue weighted by molar-refractivity contribution is -0.134. The van der Waals surface area contributed by atoms with Gasteiger partial charge >= 0.3 is 0 Å². The molecule has 0 aromatic carbocycles. The first kappa shape index (κ1) is 23.7. The van der Waals surface area contributed by atoms with Gasteiger partial charge in [0.25, 0.3) is 0 Å². The van der Waals surface area contributed by atoms with Gasteiger partial charge in [0.05, 0.1) is 12.0 Å². The van der Waals surface area contributed by atoms with Crippen LogP contribution in [-0.4, -0.2) is 53.9 Å². The highest BCUT2D eigenvalue weighted by Gasteiger charge is 2.28. The first-order chi connectivity index (χ1) is 12.1. The molecule has 2 aliphatic rings. The first-order valence-electron chi connectivity index (χ1n) is 9.35. The van der Waals surface area contributed by atoms with Gasteiger partial charge in [0.1, 0.15) is 0 Å². The number of amides is 2. The van der Waals surface area contributed by atoms with Crippen LogP contribution in [0.2, 0.25) is 0 Å². The Bertz CT molecular complexity index is 597. The van der Waals surface area contributed by atoms with Crippen LogP contribution in [0, 0.1) is 5.92 Å². The third kappa shape index (κ3) is 6.33. The third-order valence-electron chi connectivity index (χ3n) is 5.33. The molecule has 0 radical (unpaired) electrons. The maximum Gasteiger partial charge on any atom is 0.237 e. The highest BCUT2D eigenvalue weighted by atomic mass is 35.5. The Hall–Kier alpha value is -1.37. The zero-order chi connectivity index (χ0) is 17.6. The Morgan fingerprint density at radius 1 is 1.33 bits per heavy atom. The van der Waals surface area contributed by atoms with Crippen LogP contribution in [0.1, 0.15) is 44.1 Å². The van der Waals surface area contributed by atoms with E-state index >= 15 is 0 Å². The number of rotatable bonds is 5. The van der Waals surface area contributed by atoms with Crippen LogP contribution < -0.4 is 10.6 Å². The molecule has 8 heteroatoms. The molecule has 2 fully saturated rings. The highest BCUT2D eigenvalue weighted by molar-refractivity contribution is 5.85. The minimum absolute atomic E-state index is 0. The summed E-state index contributed by atoms with van der Waals surface area (Å²) in [6.07, 6.45) is 7.52. The van der Waals surface area contributed by atoms with E-state index in [1.807, 2.05) is 24.0 Å². The van der Waals surface area contributed by atoms with Gasteiger partial charge < -0.3 is 15.5 Å². The molecule has 1 aromatic rings. The Labute approximate surface area is 173 Å². The van der Waals surface area contributed by atoms with Crippen molar-refractivity contribution in [3.8, 4) is 0 Å². The molecule has 0 bridgehead atoms. The summed E-state index contributed by atoms with van der Waals surface area (Å²) < 4.78 is 0. The monoisotopic (exact) mass is 416 g/mol. The lowest BCUT2D eigenvalue weighted by Gasteiger charge is -2.34. The maximum atomic E-state index is 12.8. The Morgan fingerprint density at radius 3 is 2.81 bits per heavy atom.